The molecule has 0 fully saturated rings. The Bertz CT molecular complexity index is 806. The van der Waals surface area contributed by atoms with Gasteiger partial charge in [0.1, 0.15) is 12.4 Å². The minimum absolute atomic E-state index is 0.518. The summed E-state index contributed by atoms with van der Waals surface area (Å²) in [6.45, 7) is 2.16. The molecule has 0 radical (unpaired) electrons. The Balaban J connectivity index is 1.75. The first-order valence-corrected chi connectivity index (χ1v) is 8.62. The number of aromatic nitrogens is 1. The second-order valence-corrected chi connectivity index (χ2v) is 6.21. The highest BCUT2D eigenvalue weighted by Gasteiger charge is 2.05. The normalized spacial score (nSPS) is 10.9. The highest BCUT2D eigenvalue weighted by atomic mass is 79.9. The molecule has 2 N–H and O–H groups in total. The van der Waals surface area contributed by atoms with Crippen molar-refractivity contribution >= 4 is 26.8 Å². The molecule has 0 atom stereocenters. The third-order valence-electron chi connectivity index (χ3n) is 3.63. The molecule has 5 heteroatoms. The number of hydrogen-bond donors (Lipinski definition) is 1. The van der Waals surface area contributed by atoms with E-state index >= 15 is 0 Å². The van der Waals surface area contributed by atoms with Crippen LogP contribution in [0.4, 0.5) is 0 Å². The maximum absolute atomic E-state index is 5.66. The number of nitrogens with zero attached hydrogens (tertiary/aromatic N) is 1. The van der Waals surface area contributed by atoms with Gasteiger partial charge >= 0.3 is 0 Å². The molecule has 0 aliphatic rings. The average Bonchev–Trinajstić information content (AvgIpc) is 2.61. The van der Waals surface area contributed by atoms with Gasteiger partial charge in [-0.15, -0.1) is 0 Å². The summed E-state index contributed by atoms with van der Waals surface area (Å²) in [7, 11) is 0. The molecule has 3 rings (SSSR count). The Labute approximate surface area is 149 Å². The van der Waals surface area contributed by atoms with Crippen molar-refractivity contribution in [3.8, 4) is 16.9 Å². The molecule has 1 aromatic heterocycles. The molecular formula is C19H19BrN2O2. The van der Waals surface area contributed by atoms with Crippen LogP contribution in [0.15, 0.2) is 59.2 Å². The smallest absolute Gasteiger partial charge is 0.119 e. The molecule has 124 valence electrons. The molecule has 0 amide bonds. The van der Waals surface area contributed by atoms with Gasteiger partial charge in [0.25, 0.3) is 0 Å². The van der Waals surface area contributed by atoms with Crippen molar-refractivity contribution in [2.45, 2.75) is 0 Å². The minimum atomic E-state index is 0.518. The summed E-state index contributed by atoms with van der Waals surface area (Å²) in [6.07, 6.45) is 1.84. The molecule has 0 aliphatic carbocycles. The van der Waals surface area contributed by atoms with E-state index in [1.165, 1.54) is 0 Å². The average molecular weight is 387 g/mol. The summed E-state index contributed by atoms with van der Waals surface area (Å²) in [6, 6.07) is 16.2. The number of fused-ring (bicyclic) bond motifs is 1. The molecule has 0 spiro atoms. The van der Waals surface area contributed by atoms with Gasteiger partial charge in [0.05, 0.1) is 18.7 Å². The lowest BCUT2D eigenvalue weighted by Crippen LogP contribution is -2.13. The summed E-state index contributed by atoms with van der Waals surface area (Å²) in [5.74, 6) is 0.828. The first-order valence-electron chi connectivity index (χ1n) is 7.83. The van der Waals surface area contributed by atoms with E-state index in [1.807, 2.05) is 36.5 Å². The lowest BCUT2D eigenvalue weighted by Gasteiger charge is -2.09. The second kappa shape index (κ2) is 8.24. The number of pyridine rings is 1. The largest absolute Gasteiger partial charge is 0.491 e. The molecule has 1 heterocycles. The molecule has 0 aliphatic heterocycles. The zero-order chi connectivity index (χ0) is 16.8. The third kappa shape index (κ3) is 4.12. The van der Waals surface area contributed by atoms with E-state index in [0.717, 1.165) is 32.3 Å². The number of nitrogens with two attached hydrogens (primary N) is 1. The van der Waals surface area contributed by atoms with Gasteiger partial charge in [-0.05, 0) is 47.5 Å². The summed E-state index contributed by atoms with van der Waals surface area (Å²) in [5, 5.41) is 1.12. The fraction of sp³-hybridized carbons (Fsp3) is 0.211. The van der Waals surface area contributed by atoms with Crippen molar-refractivity contribution < 1.29 is 9.47 Å². The maximum atomic E-state index is 5.66. The van der Waals surface area contributed by atoms with Crippen LogP contribution in [0, 0.1) is 0 Å². The van der Waals surface area contributed by atoms with Crippen molar-refractivity contribution in [1.82, 2.24) is 4.98 Å². The van der Waals surface area contributed by atoms with Crippen LogP contribution >= 0.6 is 15.9 Å². The predicted octanol–water partition coefficient (Wildman–Crippen LogP) is 4.02. The van der Waals surface area contributed by atoms with E-state index in [2.05, 4.69) is 39.1 Å². The summed E-state index contributed by atoms with van der Waals surface area (Å²) in [5.41, 5.74) is 8.63. The number of benzene rings is 2. The van der Waals surface area contributed by atoms with Gasteiger partial charge in [0.2, 0.25) is 0 Å². The van der Waals surface area contributed by atoms with Crippen LogP contribution in [0.5, 0.6) is 5.75 Å². The number of rotatable bonds is 7. The van der Waals surface area contributed by atoms with Crippen molar-refractivity contribution in [3.63, 3.8) is 0 Å². The van der Waals surface area contributed by atoms with E-state index in [0.29, 0.717) is 26.4 Å². The fourth-order valence-electron chi connectivity index (χ4n) is 2.50. The van der Waals surface area contributed by atoms with Crippen molar-refractivity contribution in [1.29, 1.82) is 0 Å². The first-order chi connectivity index (χ1) is 11.8. The van der Waals surface area contributed by atoms with Gasteiger partial charge in [0.15, 0.2) is 0 Å². The predicted molar refractivity (Wildman–Crippen MR) is 100 cm³/mol. The lowest BCUT2D eigenvalue weighted by molar-refractivity contribution is 0.106. The van der Waals surface area contributed by atoms with E-state index in [4.69, 9.17) is 15.2 Å². The zero-order valence-electron chi connectivity index (χ0n) is 13.2. The molecule has 0 bridgehead atoms. The van der Waals surface area contributed by atoms with E-state index in [1.54, 1.807) is 0 Å². The Morgan fingerprint density at radius 1 is 0.958 bits per heavy atom. The van der Waals surface area contributed by atoms with Crippen LogP contribution in [0.3, 0.4) is 0 Å². The van der Waals surface area contributed by atoms with Gasteiger partial charge in [0, 0.05) is 22.6 Å². The molecule has 4 nitrogen and oxygen atoms in total. The van der Waals surface area contributed by atoms with Crippen molar-refractivity contribution in [3.05, 3.63) is 59.2 Å². The van der Waals surface area contributed by atoms with E-state index in [9.17, 15) is 0 Å². The van der Waals surface area contributed by atoms with Crippen LogP contribution in [0.1, 0.15) is 0 Å². The Hall–Kier alpha value is -1.95. The maximum Gasteiger partial charge on any atom is 0.119 e. The van der Waals surface area contributed by atoms with E-state index in [-0.39, 0.29) is 0 Å². The fourth-order valence-corrected chi connectivity index (χ4v) is 2.87. The highest BCUT2D eigenvalue weighted by molar-refractivity contribution is 9.10. The van der Waals surface area contributed by atoms with E-state index < -0.39 is 0 Å². The monoisotopic (exact) mass is 386 g/mol. The van der Waals surface area contributed by atoms with Crippen LogP contribution in [0.2, 0.25) is 0 Å². The summed E-state index contributed by atoms with van der Waals surface area (Å²) in [4.78, 5) is 4.42. The Morgan fingerprint density at radius 2 is 1.79 bits per heavy atom. The van der Waals surface area contributed by atoms with Crippen LogP contribution < -0.4 is 10.5 Å². The topological polar surface area (TPSA) is 57.4 Å². The lowest BCUT2D eigenvalue weighted by atomic mass is 10.0. The molecule has 24 heavy (non-hydrogen) atoms. The third-order valence-corrected chi connectivity index (χ3v) is 4.12. The van der Waals surface area contributed by atoms with Gasteiger partial charge in [-0.2, -0.15) is 0 Å². The number of ether oxygens (including phenoxy) is 2. The standard InChI is InChI=1S/C19H19BrN2O2/c20-15-3-6-19-18(13-15)17(7-9-22-19)14-1-4-16(5-2-14)24-12-11-23-10-8-21/h1-7,9,13H,8,10-12,21H2. The van der Waals surface area contributed by atoms with Gasteiger partial charge in [-0.25, -0.2) is 0 Å². The minimum Gasteiger partial charge on any atom is -0.491 e. The van der Waals surface area contributed by atoms with Gasteiger partial charge in [-0.3, -0.25) is 4.98 Å². The van der Waals surface area contributed by atoms with Gasteiger partial charge in [-0.1, -0.05) is 28.1 Å². The van der Waals surface area contributed by atoms with Crippen LogP contribution in [-0.4, -0.2) is 31.3 Å². The second-order valence-electron chi connectivity index (χ2n) is 5.29. The number of hydrogen-bond acceptors (Lipinski definition) is 4. The zero-order valence-corrected chi connectivity index (χ0v) is 14.8. The molecule has 0 saturated heterocycles. The summed E-state index contributed by atoms with van der Waals surface area (Å²) < 4.78 is 12.0. The molecular weight excluding hydrogens is 368 g/mol. The molecule has 3 aromatic rings. The first kappa shape index (κ1) is 16.9. The number of halogens is 1. The van der Waals surface area contributed by atoms with Gasteiger partial charge < -0.3 is 15.2 Å². The molecule has 0 saturated carbocycles. The molecule has 0 unspecified atom stereocenters. The van der Waals surface area contributed by atoms with Crippen molar-refractivity contribution in [2.75, 3.05) is 26.4 Å². The SMILES string of the molecule is NCCOCCOc1ccc(-c2ccnc3ccc(Br)cc23)cc1. The Morgan fingerprint density at radius 3 is 2.58 bits per heavy atom. The quantitative estimate of drug-likeness (QED) is 0.623. The van der Waals surface area contributed by atoms with Crippen LogP contribution in [-0.2, 0) is 4.74 Å². The highest BCUT2D eigenvalue weighted by Crippen LogP contribution is 2.30. The van der Waals surface area contributed by atoms with Crippen molar-refractivity contribution in [2.24, 2.45) is 5.73 Å². The molecule has 2 aromatic carbocycles. The van der Waals surface area contributed by atoms with Crippen LogP contribution in [0.25, 0.3) is 22.0 Å². The summed E-state index contributed by atoms with van der Waals surface area (Å²) >= 11 is 3.53. The Kier molecular flexibility index (Phi) is 5.80.